The first-order valence-corrected chi connectivity index (χ1v) is 7.12. The molecule has 2 aromatic carbocycles. The van der Waals surface area contributed by atoms with E-state index in [2.05, 4.69) is 5.32 Å². The van der Waals surface area contributed by atoms with Crippen LogP contribution in [0.4, 0.5) is 8.78 Å². The molecule has 0 saturated carbocycles. The lowest BCUT2D eigenvalue weighted by Gasteiger charge is -2.16. The van der Waals surface area contributed by atoms with Crippen LogP contribution in [0.3, 0.4) is 0 Å². The van der Waals surface area contributed by atoms with Gasteiger partial charge in [0.25, 0.3) is 0 Å². The van der Waals surface area contributed by atoms with Crippen LogP contribution in [0.1, 0.15) is 16.5 Å². The summed E-state index contributed by atoms with van der Waals surface area (Å²) >= 11 is 1.55. The molecule has 0 saturated heterocycles. The van der Waals surface area contributed by atoms with Gasteiger partial charge in [-0.2, -0.15) is 0 Å². The van der Waals surface area contributed by atoms with Crippen molar-refractivity contribution in [2.45, 2.75) is 6.04 Å². The molecule has 102 valence electrons. The molecular formula is C16H13F2NS. The van der Waals surface area contributed by atoms with E-state index in [4.69, 9.17) is 0 Å². The van der Waals surface area contributed by atoms with E-state index in [0.29, 0.717) is 0 Å². The van der Waals surface area contributed by atoms with Crippen molar-refractivity contribution < 1.29 is 8.78 Å². The molecule has 1 nitrogen and oxygen atoms in total. The zero-order chi connectivity index (χ0) is 14.1. The molecule has 1 atom stereocenters. The minimum atomic E-state index is -0.526. The highest BCUT2D eigenvalue weighted by molar-refractivity contribution is 7.19. The standard InChI is InChI=1S/C16H13F2NS/c1-19-16(15-11(17)6-4-7-12(15)18)14-9-10-5-2-3-8-13(10)20-14/h2-9,16,19H,1H3. The summed E-state index contributed by atoms with van der Waals surface area (Å²) < 4.78 is 29.0. The van der Waals surface area contributed by atoms with E-state index in [1.54, 1.807) is 18.4 Å². The number of nitrogens with one attached hydrogen (secondary N) is 1. The van der Waals surface area contributed by atoms with Crippen LogP contribution in [0.5, 0.6) is 0 Å². The molecule has 0 fully saturated rings. The quantitative estimate of drug-likeness (QED) is 0.749. The van der Waals surface area contributed by atoms with Crippen LogP contribution in [0.2, 0.25) is 0 Å². The van der Waals surface area contributed by atoms with Crippen LogP contribution in [-0.4, -0.2) is 7.05 Å². The second-order valence-electron chi connectivity index (χ2n) is 4.54. The molecule has 0 bridgehead atoms. The summed E-state index contributed by atoms with van der Waals surface area (Å²) in [5.41, 5.74) is 0.0709. The molecule has 0 radical (unpaired) electrons. The second kappa shape index (κ2) is 5.31. The predicted octanol–water partition coefficient (Wildman–Crippen LogP) is 4.49. The molecule has 20 heavy (non-hydrogen) atoms. The molecule has 0 amide bonds. The average molecular weight is 289 g/mol. The van der Waals surface area contributed by atoms with Crippen molar-refractivity contribution in [1.82, 2.24) is 5.32 Å². The van der Waals surface area contributed by atoms with Gasteiger partial charge in [-0.1, -0.05) is 24.3 Å². The number of benzene rings is 2. The van der Waals surface area contributed by atoms with Crippen molar-refractivity contribution >= 4 is 21.4 Å². The number of hydrogen-bond acceptors (Lipinski definition) is 2. The molecule has 0 aliphatic rings. The summed E-state index contributed by atoms with van der Waals surface area (Å²) in [4.78, 5) is 0.901. The zero-order valence-electron chi connectivity index (χ0n) is 10.9. The molecule has 1 unspecified atom stereocenters. The first-order chi connectivity index (χ1) is 9.70. The number of halogens is 2. The van der Waals surface area contributed by atoms with Crippen LogP contribution in [0.15, 0.2) is 48.5 Å². The Morgan fingerprint density at radius 3 is 2.35 bits per heavy atom. The highest BCUT2D eigenvalue weighted by Gasteiger charge is 2.22. The minimum absolute atomic E-state index is 0.0709. The van der Waals surface area contributed by atoms with Crippen LogP contribution in [0.25, 0.3) is 10.1 Å². The van der Waals surface area contributed by atoms with Crippen molar-refractivity contribution in [3.63, 3.8) is 0 Å². The number of rotatable bonds is 3. The van der Waals surface area contributed by atoms with Crippen molar-refractivity contribution in [2.24, 2.45) is 0 Å². The fraction of sp³-hybridized carbons (Fsp3) is 0.125. The third-order valence-corrected chi connectivity index (χ3v) is 4.49. The van der Waals surface area contributed by atoms with Crippen molar-refractivity contribution in [1.29, 1.82) is 0 Å². The van der Waals surface area contributed by atoms with Gasteiger partial charge in [0, 0.05) is 15.1 Å². The lowest BCUT2D eigenvalue weighted by Crippen LogP contribution is -2.19. The van der Waals surface area contributed by atoms with E-state index in [1.807, 2.05) is 30.3 Å². The Bertz CT molecular complexity index is 698. The SMILES string of the molecule is CNC(c1cc2ccccc2s1)c1c(F)cccc1F. The van der Waals surface area contributed by atoms with E-state index in [-0.39, 0.29) is 5.56 Å². The molecule has 1 N–H and O–H groups in total. The Morgan fingerprint density at radius 1 is 1.00 bits per heavy atom. The van der Waals surface area contributed by atoms with Gasteiger partial charge in [-0.05, 0) is 36.7 Å². The Kier molecular flexibility index (Phi) is 3.51. The van der Waals surface area contributed by atoms with Gasteiger partial charge in [-0.3, -0.25) is 0 Å². The Morgan fingerprint density at radius 2 is 1.70 bits per heavy atom. The third kappa shape index (κ3) is 2.21. The maximum atomic E-state index is 14.0. The Balaban J connectivity index is 2.14. The van der Waals surface area contributed by atoms with E-state index in [9.17, 15) is 8.78 Å². The van der Waals surface area contributed by atoms with Crippen LogP contribution in [0, 0.1) is 11.6 Å². The molecular weight excluding hydrogens is 276 g/mol. The highest BCUT2D eigenvalue weighted by atomic mass is 32.1. The maximum absolute atomic E-state index is 14.0. The van der Waals surface area contributed by atoms with Gasteiger partial charge in [0.05, 0.1) is 6.04 Å². The monoisotopic (exact) mass is 289 g/mol. The highest BCUT2D eigenvalue weighted by Crippen LogP contribution is 2.34. The predicted molar refractivity (Wildman–Crippen MR) is 79.1 cm³/mol. The average Bonchev–Trinajstić information content (AvgIpc) is 2.86. The Labute approximate surface area is 119 Å². The molecule has 0 spiro atoms. The Hall–Kier alpha value is -1.78. The normalized spacial score (nSPS) is 12.8. The van der Waals surface area contributed by atoms with E-state index >= 15 is 0 Å². The number of thiophene rings is 1. The molecule has 1 heterocycles. The van der Waals surface area contributed by atoms with Crippen molar-refractivity contribution in [3.05, 3.63) is 70.6 Å². The lowest BCUT2D eigenvalue weighted by atomic mass is 10.0. The first-order valence-electron chi connectivity index (χ1n) is 6.30. The molecule has 3 rings (SSSR count). The smallest absolute Gasteiger partial charge is 0.131 e. The number of hydrogen-bond donors (Lipinski definition) is 1. The summed E-state index contributed by atoms with van der Waals surface area (Å²) in [6, 6.07) is 13.4. The zero-order valence-corrected chi connectivity index (χ0v) is 11.7. The fourth-order valence-electron chi connectivity index (χ4n) is 2.36. The van der Waals surface area contributed by atoms with Gasteiger partial charge in [-0.15, -0.1) is 11.3 Å². The minimum Gasteiger partial charge on any atom is -0.308 e. The summed E-state index contributed by atoms with van der Waals surface area (Å²) in [5, 5.41) is 4.10. The number of fused-ring (bicyclic) bond motifs is 1. The van der Waals surface area contributed by atoms with Crippen molar-refractivity contribution in [2.75, 3.05) is 7.05 Å². The van der Waals surface area contributed by atoms with Crippen LogP contribution < -0.4 is 5.32 Å². The molecule has 1 aromatic heterocycles. The maximum Gasteiger partial charge on any atom is 0.131 e. The first kappa shape index (κ1) is 13.2. The van der Waals surface area contributed by atoms with Crippen LogP contribution >= 0.6 is 11.3 Å². The fourth-order valence-corrected chi connectivity index (χ4v) is 3.54. The topological polar surface area (TPSA) is 12.0 Å². The summed E-state index contributed by atoms with van der Waals surface area (Å²) in [6.45, 7) is 0. The van der Waals surface area contributed by atoms with Gasteiger partial charge in [0.15, 0.2) is 0 Å². The van der Waals surface area contributed by atoms with E-state index in [0.717, 1.165) is 15.0 Å². The van der Waals surface area contributed by atoms with E-state index in [1.165, 1.54) is 18.2 Å². The molecule has 0 aliphatic heterocycles. The molecule has 0 aliphatic carbocycles. The van der Waals surface area contributed by atoms with Crippen molar-refractivity contribution in [3.8, 4) is 0 Å². The summed E-state index contributed by atoms with van der Waals surface area (Å²) in [7, 11) is 1.71. The second-order valence-corrected chi connectivity index (χ2v) is 5.66. The van der Waals surface area contributed by atoms with E-state index < -0.39 is 17.7 Å². The third-order valence-electron chi connectivity index (χ3n) is 3.31. The van der Waals surface area contributed by atoms with Gasteiger partial charge < -0.3 is 5.32 Å². The lowest BCUT2D eigenvalue weighted by molar-refractivity contribution is 0.525. The van der Waals surface area contributed by atoms with Gasteiger partial charge in [0.2, 0.25) is 0 Å². The largest absolute Gasteiger partial charge is 0.308 e. The molecule has 4 heteroatoms. The van der Waals surface area contributed by atoms with Gasteiger partial charge >= 0.3 is 0 Å². The summed E-state index contributed by atoms with van der Waals surface area (Å²) in [5.74, 6) is -1.05. The van der Waals surface area contributed by atoms with Crippen LogP contribution in [-0.2, 0) is 0 Å². The van der Waals surface area contributed by atoms with Gasteiger partial charge in [-0.25, -0.2) is 8.78 Å². The summed E-state index contributed by atoms with van der Waals surface area (Å²) in [6.07, 6.45) is 0. The van der Waals surface area contributed by atoms with Gasteiger partial charge in [0.1, 0.15) is 11.6 Å². The molecule has 3 aromatic rings.